The number of carbonyl (C=O) groups excluding carboxylic acids is 1. The van der Waals surface area contributed by atoms with Crippen molar-refractivity contribution in [3.8, 4) is 0 Å². The Morgan fingerprint density at radius 3 is 2.54 bits per heavy atom. The van der Waals surface area contributed by atoms with Gasteiger partial charge in [0.15, 0.2) is 5.69 Å². The van der Waals surface area contributed by atoms with Crippen LogP contribution in [0.25, 0.3) is 0 Å². The van der Waals surface area contributed by atoms with Crippen molar-refractivity contribution in [2.45, 2.75) is 26.7 Å². The molecule has 2 N–H and O–H groups in total. The average molecular weight is 401 g/mol. The minimum atomic E-state index is -3.90. The van der Waals surface area contributed by atoms with Gasteiger partial charge in [0, 0.05) is 24.8 Å². The summed E-state index contributed by atoms with van der Waals surface area (Å²) in [5.41, 5.74) is 2.40. The first-order chi connectivity index (χ1) is 12.0. The Kier molecular flexibility index (Phi) is 5.94. The number of hydrogen-bond acceptors (Lipinski definition) is 6. The first-order valence-electron chi connectivity index (χ1n) is 7.78. The topological polar surface area (TPSA) is 105 Å². The SMILES string of the molecule is Cc1cc(Cl)c(C(C)C)cc1Nc1nc(C(=O)NS(=O)(=O)N(C)C)co1. The summed E-state index contributed by atoms with van der Waals surface area (Å²) < 4.78 is 31.4. The summed E-state index contributed by atoms with van der Waals surface area (Å²) in [6.07, 6.45) is 1.08. The van der Waals surface area contributed by atoms with E-state index < -0.39 is 16.1 Å². The van der Waals surface area contributed by atoms with Gasteiger partial charge in [-0.1, -0.05) is 25.4 Å². The summed E-state index contributed by atoms with van der Waals surface area (Å²) in [6, 6.07) is 3.79. The lowest BCUT2D eigenvalue weighted by molar-refractivity contribution is 0.0975. The van der Waals surface area contributed by atoms with Crippen molar-refractivity contribution in [2.75, 3.05) is 19.4 Å². The Balaban J connectivity index is 2.21. The molecule has 26 heavy (non-hydrogen) atoms. The molecule has 2 aromatic rings. The number of rotatable bonds is 6. The van der Waals surface area contributed by atoms with Crippen molar-refractivity contribution < 1.29 is 17.6 Å². The lowest BCUT2D eigenvalue weighted by Gasteiger charge is -2.13. The summed E-state index contributed by atoms with van der Waals surface area (Å²) >= 11 is 6.25. The first-order valence-corrected chi connectivity index (χ1v) is 9.60. The summed E-state index contributed by atoms with van der Waals surface area (Å²) in [7, 11) is -1.29. The third-order valence-corrected chi connectivity index (χ3v) is 5.38. The molecule has 0 radical (unpaired) electrons. The van der Waals surface area contributed by atoms with Crippen molar-refractivity contribution in [3.05, 3.63) is 40.2 Å². The van der Waals surface area contributed by atoms with Crippen LogP contribution in [0.1, 0.15) is 41.4 Å². The Morgan fingerprint density at radius 2 is 1.96 bits per heavy atom. The summed E-state index contributed by atoms with van der Waals surface area (Å²) in [4.78, 5) is 16.0. The fourth-order valence-electron chi connectivity index (χ4n) is 2.08. The zero-order valence-electron chi connectivity index (χ0n) is 15.1. The minimum Gasteiger partial charge on any atom is -0.431 e. The predicted molar refractivity (Wildman–Crippen MR) is 100 cm³/mol. The second-order valence-corrected chi connectivity index (χ2v) is 8.52. The molecule has 1 aromatic heterocycles. The molecule has 0 aliphatic rings. The smallest absolute Gasteiger partial charge is 0.303 e. The third-order valence-electron chi connectivity index (χ3n) is 3.65. The number of aryl methyl sites for hydroxylation is 1. The zero-order chi connectivity index (χ0) is 19.6. The highest BCUT2D eigenvalue weighted by Crippen LogP contribution is 2.31. The first kappa shape index (κ1) is 20.2. The number of halogens is 1. The van der Waals surface area contributed by atoms with Gasteiger partial charge in [0.05, 0.1) is 0 Å². The zero-order valence-corrected chi connectivity index (χ0v) is 16.7. The molecule has 10 heteroatoms. The fourth-order valence-corrected chi connectivity index (χ4v) is 3.04. The van der Waals surface area contributed by atoms with Crippen LogP contribution in [0.15, 0.2) is 22.8 Å². The van der Waals surface area contributed by atoms with Gasteiger partial charge in [0.2, 0.25) is 0 Å². The molecule has 0 saturated heterocycles. The second-order valence-electron chi connectivity index (χ2n) is 6.22. The van der Waals surface area contributed by atoms with Crippen molar-refractivity contribution in [3.63, 3.8) is 0 Å². The molecule has 1 amide bonds. The van der Waals surface area contributed by atoms with Crippen LogP contribution in [0, 0.1) is 6.92 Å². The standard InChI is InChI=1S/C16H21ClN4O4S/c1-9(2)11-7-13(10(3)6-12(11)17)18-16-19-14(8-25-16)15(22)20-26(23,24)21(4)5/h6-9H,1-5H3,(H,18,19)(H,20,22). The van der Waals surface area contributed by atoms with E-state index in [9.17, 15) is 13.2 Å². The van der Waals surface area contributed by atoms with E-state index in [0.717, 1.165) is 27.4 Å². The number of oxazole rings is 1. The van der Waals surface area contributed by atoms with E-state index in [1.165, 1.54) is 14.1 Å². The summed E-state index contributed by atoms with van der Waals surface area (Å²) in [5, 5.41) is 3.65. The monoisotopic (exact) mass is 400 g/mol. The minimum absolute atomic E-state index is 0.0672. The van der Waals surface area contributed by atoms with Gasteiger partial charge in [-0.2, -0.15) is 17.7 Å². The fraction of sp³-hybridized carbons (Fsp3) is 0.375. The van der Waals surface area contributed by atoms with Crippen LogP contribution in [0.2, 0.25) is 5.02 Å². The largest absolute Gasteiger partial charge is 0.431 e. The molecule has 8 nitrogen and oxygen atoms in total. The van der Waals surface area contributed by atoms with Crippen molar-refractivity contribution in [1.29, 1.82) is 0 Å². The highest BCUT2D eigenvalue weighted by Gasteiger charge is 2.21. The predicted octanol–water partition coefficient (Wildman–Crippen LogP) is 3.04. The molecule has 1 aromatic carbocycles. The number of carbonyl (C=O) groups is 1. The highest BCUT2D eigenvalue weighted by molar-refractivity contribution is 7.87. The molecule has 0 atom stereocenters. The molecule has 0 bridgehead atoms. The number of amides is 1. The molecule has 0 aliphatic carbocycles. The molecule has 0 unspecified atom stereocenters. The van der Waals surface area contributed by atoms with E-state index in [0.29, 0.717) is 5.02 Å². The van der Waals surface area contributed by atoms with Gasteiger partial charge >= 0.3 is 10.2 Å². The van der Waals surface area contributed by atoms with Gasteiger partial charge in [0.25, 0.3) is 11.9 Å². The molecule has 0 spiro atoms. The molecular weight excluding hydrogens is 380 g/mol. The van der Waals surface area contributed by atoms with Crippen molar-refractivity contribution in [1.82, 2.24) is 14.0 Å². The van der Waals surface area contributed by atoms with Gasteiger partial charge in [-0.15, -0.1) is 0 Å². The number of nitrogens with one attached hydrogen (secondary N) is 2. The van der Waals surface area contributed by atoms with E-state index in [2.05, 4.69) is 10.3 Å². The maximum Gasteiger partial charge on any atom is 0.303 e. The van der Waals surface area contributed by atoms with Gasteiger partial charge in [0.1, 0.15) is 6.26 Å². The number of hydrogen-bond donors (Lipinski definition) is 2. The summed E-state index contributed by atoms with van der Waals surface area (Å²) in [6.45, 7) is 5.93. The molecule has 0 fully saturated rings. The van der Waals surface area contributed by atoms with Crippen LogP contribution in [-0.4, -0.2) is 37.7 Å². The maximum absolute atomic E-state index is 12.0. The third kappa shape index (κ3) is 4.54. The Hall–Kier alpha value is -2.10. The van der Waals surface area contributed by atoms with Gasteiger partial charge in [-0.25, -0.2) is 4.72 Å². The normalized spacial score (nSPS) is 11.8. The van der Waals surface area contributed by atoms with Crippen molar-refractivity contribution in [2.24, 2.45) is 0 Å². The van der Waals surface area contributed by atoms with Crippen LogP contribution in [0.4, 0.5) is 11.7 Å². The van der Waals surface area contributed by atoms with Crippen molar-refractivity contribution >= 4 is 39.4 Å². The van der Waals surface area contributed by atoms with E-state index in [-0.39, 0.29) is 17.6 Å². The average Bonchev–Trinajstić information content (AvgIpc) is 2.97. The Labute approximate surface area is 157 Å². The van der Waals surface area contributed by atoms with Gasteiger partial charge in [-0.3, -0.25) is 4.79 Å². The van der Waals surface area contributed by atoms with E-state index in [1.807, 2.05) is 37.6 Å². The molecular formula is C16H21ClN4O4S. The lowest BCUT2D eigenvalue weighted by Crippen LogP contribution is -2.39. The van der Waals surface area contributed by atoms with Crippen LogP contribution in [-0.2, 0) is 10.2 Å². The quantitative estimate of drug-likeness (QED) is 0.772. The maximum atomic E-state index is 12.0. The lowest BCUT2D eigenvalue weighted by atomic mass is 10.0. The van der Waals surface area contributed by atoms with E-state index >= 15 is 0 Å². The molecule has 0 saturated carbocycles. The molecule has 0 aliphatic heterocycles. The van der Waals surface area contributed by atoms with Crippen LogP contribution in [0.5, 0.6) is 0 Å². The van der Waals surface area contributed by atoms with Crippen LogP contribution in [0.3, 0.4) is 0 Å². The Morgan fingerprint density at radius 1 is 1.31 bits per heavy atom. The van der Waals surface area contributed by atoms with Gasteiger partial charge < -0.3 is 9.73 Å². The second kappa shape index (κ2) is 7.65. The van der Waals surface area contributed by atoms with Gasteiger partial charge in [-0.05, 0) is 36.1 Å². The molecule has 142 valence electrons. The molecule has 2 rings (SSSR count). The number of nitrogens with zero attached hydrogens (tertiary/aromatic N) is 2. The number of aromatic nitrogens is 1. The van der Waals surface area contributed by atoms with E-state index in [1.54, 1.807) is 0 Å². The van der Waals surface area contributed by atoms with Crippen LogP contribution >= 0.6 is 11.6 Å². The van der Waals surface area contributed by atoms with E-state index in [4.69, 9.17) is 16.0 Å². The number of anilines is 2. The Bertz CT molecular complexity index is 922. The number of benzene rings is 1. The summed E-state index contributed by atoms with van der Waals surface area (Å²) in [5.74, 6) is -0.656. The highest BCUT2D eigenvalue weighted by atomic mass is 35.5. The van der Waals surface area contributed by atoms with Crippen LogP contribution < -0.4 is 10.0 Å². The molecule has 1 heterocycles.